The molecule has 0 atom stereocenters. The van der Waals surface area contributed by atoms with Crippen LogP contribution in [0.1, 0.15) is 49.7 Å². The molecule has 0 saturated heterocycles. The first kappa shape index (κ1) is 17.4. The zero-order valence-electron chi connectivity index (χ0n) is 13.3. The highest BCUT2D eigenvalue weighted by atomic mass is 16.5. The second-order valence-electron chi connectivity index (χ2n) is 5.13. The third-order valence-electron chi connectivity index (χ3n) is 3.93. The number of ether oxygens (including phenoxy) is 1. The van der Waals surface area contributed by atoms with Crippen molar-refractivity contribution in [3.8, 4) is 0 Å². The molecule has 1 aromatic rings. The highest BCUT2D eigenvalue weighted by Crippen LogP contribution is 2.25. The number of rotatable bonds is 8. The Morgan fingerprint density at radius 3 is 2.52 bits per heavy atom. The number of esters is 1. The van der Waals surface area contributed by atoms with Gasteiger partial charge in [-0.2, -0.15) is 0 Å². The number of anilines is 1. The SMILES string of the molecule is CCOC(=O)c1cnc(NCC(CC)(CC)CO)nc1C. The summed E-state index contributed by atoms with van der Waals surface area (Å²) in [6.07, 6.45) is 3.21. The van der Waals surface area contributed by atoms with Gasteiger partial charge in [0.1, 0.15) is 0 Å². The van der Waals surface area contributed by atoms with Gasteiger partial charge in [0.25, 0.3) is 0 Å². The summed E-state index contributed by atoms with van der Waals surface area (Å²) < 4.78 is 4.94. The highest BCUT2D eigenvalue weighted by molar-refractivity contribution is 5.90. The summed E-state index contributed by atoms with van der Waals surface area (Å²) in [6.45, 7) is 8.65. The summed E-state index contributed by atoms with van der Waals surface area (Å²) in [5.41, 5.74) is 0.784. The Hall–Kier alpha value is -1.69. The maximum atomic E-state index is 11.7. The number of nitrogens with one attached hydrogen (secondary N) is 1. The smallest absolute Gasteiger partial charge is 0.341 e. The van der Waals surface area contributed by atoms with Crippen molar-refractivity contribution in [3.63, 3.8) is 0 Å². The van der Waals surface area contributed by atoms with Crippen LogP contribution in [-0.4, -0.2) is 40.8 Å². The molecule has 0 fully saturated rings. The Balaban J connectivity index is 2.78. The molecule has 1 rings (SSSR count). The molecule has 6 heteroatoms. The number of hydrogen-bond acceptors (Lipinski definition) is 6. The van der Waals surface area contributed by atoms with Crippen LogP contribution in [0.5, 0.6) is 0 Å². The molecular formula is C15H25N3O3. The second-order valence-corrected chi connectivity index (χ2v) is 5.13. The Morgan fingerprint density at radius 2 is 2.05 bits per heavy atom. The van der Waals surface area contributed by atoms with Gasteiger partial charge in [-0.1, -0.05) is 13.8 Å². The van der Waals surface area contributed by atoms with E-state index in [0.717, 1.165) is 12.8 Å². The lowest BCUT2D eigenvalue weighted by atomic mass is 9.83. The number of aryl methyl sites for hydroxylation is 1. The summed E-state index contributed by atoms with van der Waals surface area (Å²) in [7, 11) is 0. The average Bonchev–Trinajstić information content (AvgIpc) is 2.49. The normalized spacial score (nSPS) is 11.3. The first-order valence-corrected chi connectivity index (χ1v) is 7.37. The molecule has 0 aliphatic heterocycles. The Morgan fingerprint density at radius 1 is 1.38 bits per heavy atom. The zero-order chi connectivity index (χ0) is 15.9. The largest absolute Gasteiger partial charge is 0.462 e. The standard InChI is InChI=1S/C15H25N3O3/c1-5-15(6-2,10-19)9-17-14-16-8-12(11(4)18-14)13(20)21-7-3/h8,19H,5-7,9-10H2,1-4H3,(H,16,17,18). The van der Waals surface area contributed by atoms with Crippen molar-refractivity contribution in [3.05, 3.63) is 17.5 Å². The molecular weight excluding hydrogens is 270 g/mol. The van der Waals surface area contributed by atoms with Gasteiger partial charge >= 0.3 is 5.97 Å². The predicted octanol–water partition coefficient (Wildman–Crippen LogP) is 2.17. The van der Waals surface area contributed by atoms with Crippen molar-refractivity contribution in [1.82, 2.24) is 9.97 Å². The van der Waals surface area contributed by atoms with Crippen molar-refractivity contribution in [2.45, 2.75) is 40.5 Å². The van der Waals surface area contributed by atoms with Crippen LogP contribution in [0.15, 0.2) is 6.20 Å². The molecule has 21 heavy (non-hydrogen) atoms. The van der Waals surface area contributed by atoms with Crippen molar-refractivity contribution in [1.29, 1.82) is 0 Å². The number of aromatic nitrogens is 2. The van der Waals surface area contributed by atoms with Crippen LogP contribution in [0, 0.1) is 12.3 Å². The van der Waals surface area contributed by atoms with E-state index in [0.29, 0.717) is 30.4 Å². The van der Waals surface area contributed by atoms with Gasteiger partial charge in [-0.3, -0.25) is 0 Å². The number of hydrogen-bond donors (Lipinski definition) is 2. The van der Waals surface area contributed by atoms with Gasteiger partial charge in [0.2, 0.25) is 5.95 Å². The van der Waals surface area contributed by atoms with Gasteiger partial charge in [0.15, 0.2) is 0 Å². The van der Waals surface area contributed by atoms with Crippen LogP contribution in [0.4, 0.5) is 5.95 Å². The summed E-state index contributed by atoms with van der Waals surface area (Å²) in [4.78, 5) is 20.1. The van der Waals surface area contributed by atoms with Gasteiger partial charge in [-0.25, -0.2) is 14.8 Å². The molecule has 0 amide bonds. The van der Waals surface area contributed by atoms with E-state index in [4.69, 9.17) is 4.74 Å². The molecule has 0 aliphatic rings. The van der Waals surface area contributed by atoms with E-state index in [9.17, 15) is 9.90 Å². The van der Waals surface area contributed by atoms with E-state index >= 15 is 0 Å². The van der Waals surface area contributed by atoms with Gasteiger partial charge < -0.3 is 15.2 Å². The van der Waals surface area contributed by atoms with Crippen molar-refractivity contribution in [2.75, 3.05) is 25.1 Å². The molecule has 0 radical (unpaired) electrons. The van der Waals surface area contributed by atoms with Crippen LogP contribution in [0.3, 0.4) is 0 Å². The Labute approximate surface area is 126 Å². The van der Waals surface area contributed by atoms with Gasteiger partial charge in [0.05, 0.1) is 24.5 Å². The number of carbonyl (C=O) groups is 1. The minimum Gasteiger partial charge on any atom is -0.462 e. The second kappa shape index (κ2) is 7.93. The van der Waals surface area contributed by atoms with Gasteiger partial charge in [-0.05, 0) is 26.7 Å². The predicted molar refractivity (Wildman–Crippen MR) is 81.3 cm³/mol. The fraction of sp³-hybridized carbons (Fsp3) is 0.667. The number of nitrogens with zero attached hydrogens (tertiary/aromatic N) is 2. The molecule has 0 aliphatic carbocycles. The van der Waals surface area contributed by atoms with E-state index in [1.54, 1.807) is 13.8 Å². The molecule has 0 spiro atoms. The third kappa shape index (κ3) is 4.39. The highest BCUT2D eigenvalue weighted by Gasteiger charge is 2.25. The maximum Gasteiger partial charge on any atom is 0.341 e. The van der Waals surface area contributed by atoms with Crippen LogP contribution >= 0.6 is 0 Å². The first-order valence-electron chi connectivity index (χ1n) is 7.37. The minimum absolute atomic E-state index is 0.118. The van der Waals surface area contributed by atoms with Crippen LogP contribution < -0.4 is 5.32 Å². The summed E-state index contributed by atoms with van der Waals surface area (Å²) >= 11 is 0. The molecule has 0 aromatic carbocycles. The quantitative estimate of drug-likeness (QED) is 0.715. The molecule has 2 N–H and O–H groups in total. The molecule has 118 valence electrons. The van der Waals surface area contributed by atoms with E-state index < -0.39 is 5.97 Å². The van der Waals surface area contributed by atoms with Crippen molar-refractivity contribution in [2.24, 2.45) is 5.41 Å². The number of aliphatic hydroxyl groups is 1. The third-order valence-corrected chi connectivity index (χ3v) is 3.93. The van der Waals surface area contributed by atoms with E-state index in [1.165, 1.54) is 6.20 Å². The molecule has 1 aromatic heterocycles. The lowest BCUT2D eigenvalue weighted by Crippen LogP contribution is -2.32. The lowest BCUT2D eigenvalue weighted by molar-refractivity contribution is 0.0524. The molecule has 0 bridgehead atoms. The Kier molecular flexibility index (Phi) is 6.55. The van der Waals surface area contributed by atoms with Crippen LogP contribution in [-0.2, 0) is 4.74 Å². The van der Waals surface area contributed by atoms with Crippen molar-refractivity contribution < 1.29 is 14.6 Å². The van der Waals surface area contributed by atoms with E-state index in [2.05, 4.69) is 29.1 Å². The molecule has 1 heterocycles. The summed E-state index contributed by atoms with van der Waals surface area (Å²) in [5.74, 6) is 0.0497. The average molecular weight is 295 g/mol. The zero-order valence-corrected chi connectivity index (χ0v) is 13.3. The fourth-order valence-electron chi connectivity index (χ4n) is 2.01. The monoisotopic (exact) mass is 295 g/mol. The van der Waals surface area contributed by atoms with Gasteiger partial charge in [-0.15, -0.1) is 0 Å². The van der Waals surface area contributed by atoms with Crippen molar-refractivity contribution >= 4 is 11.9 Å². The molecule has 0 unspecified atom stereocenters. The lowest BCUT2D eigenvalue weighted by Gasteiger charge is -2.29. The number of carbonyl (C=O) groups excluding carboxylic acids is 1. The van der Waals surface area contributed by atoms with E-state index in [1.807, 2.05) is 0 Å². The molecule has 6 nitrogen and oxygen atoms in total. The first-order chi connectivity index (χ1) is 10.0. The minimum atomic E-state index is -0.409. The topological polar surface area (TPSA) is 84.3 Å². The van der Waals surface area contributed by atoms with E-state index in [-0.39, 0.29) is 12.0 Å². The van der Waals surface area contributed by atoms with Crippen LogP contribution in [0.2, 0.25) is 0 Å². The van der Waals surface area contributed by atoms with Crippen LogP contribution in [0.25, 0.3) is 0 Å². The van der Waals surface area contributed by atoms with Gasteiger partial charge in [0, 0.05) is 18.2 Å². The Bertz CT molecular complexity index is 465. The molecule has 0 saturated carbocycles. The maximum absolute atomic E-state index is 11.7. The fourth-order valence-corrected chi connectivity index (χ4v) is 2.01. The number of aliphatic hydroxyl groups excluding tert-OH is 1. The summed E-state index contributed by atoms with van der Waals surface area (Å²) in [5, 5.41) is 12.7. The summed E-state index contributed by atoms with van der Waals surface area (Å²) in [6, 6.07) is 0.